The van der Waals surface area contributed by atoms with Gasteiger partial charge in [0.2, 0.25) is 17.6 Å². The molecule has 12 heteroatoms. The van der Waals surface area contributed by atoms with Gasteiger partial charge < -0.3 is 24.6 Å². The van der Waals surface area contributed by atoms with E-state index in [0.29, 0.717) is 41.4 Å². The van der Waals surface area contributed by atoms with E-state index in [9.17, 15) is 4.79 Å². The highest BCUT2D eigenvalue weighted by molar-refractivity contribution is 5.87. The number of unbranched alkanes of at least 4 members (excludes halogenated alkanes) is 1. The number of anilines is 1. The molecule has 2 N–H and O–H groups in total. The van der Waals surface area contributed by atoms with Crippen molar-refractivity contribution in [3.63, 3.8) is 0 Å². The molecule has 2 aliphatic rings. The van der Waals surface area contributed by atoms with E-state index in [2.05, 4.69) is 39.0 Å². The van der Waals surface area contributed by atoms with Crippen molar-refractivity contribution in [1.82, 2.24) is 24.6 Å². The number of benzene rings is 1. The number of alkyl halides is 1. The maximum absolute atomic E-state index is 15.9. The summed E-state index contributed by atoms with van der Waals surface area (Å²) in [6.07, 6.45) is 12.9. The standard InChI is InChI=1S/C36H45FN8O3/c1-4-5-10-28-22-27-9-6-7-12-30(27)34(42-28)47-21-20-45(2,3)23-31(33(38)46)26-13-16-36(37,17-14-26)48-24-29-11-8-19-43(29)32-15-18-39-35-40-25-41-44(32)35/h6-7,9,12-16,18,22,25,29,31H,4-5,8,10-11,17,19-21,23-24H2,1-3H3,(H-,38,46)/p+1/t29-,31?,36?/m1/s1. The average Bonchev–Trinajstić information content (AvgIpc) is 3.76. The van der Waals surface area contributed by atoms with Crippen molar-refractivity contribution in [2.24, 2.45) is 11.7 Å². The fourth-order valence-electron chi connectivity index (χ4n) is 6.62. The molecule has 48 heavy (non-hydrogen) atoms. The molecule has 1 saturated heterocycles. The van der Waals surface area contributed by atoms with Gasteiger partial charge in [0.05, 0.1) is 33.3 Å². The normalized spacial score (nSPS) is 20.4. The molecular formula is C36H46FN8O3+. The van der Waals surface area contributed by atoms with Gasteiger partial charge in [0.15, 0.2) is 0 Å². The van der Waals surface area contributed by atoms with E-state index < -0.39 is 17.7 Å². The minimum absolute atomic E-state index is 0.00155. The van der Waals surface area contributed by atoms with Crippen LogP contribution < -0.4 is 15.4 Å². The van der Waals surface area contributed by atoms with Crippen molar-refractivity contribution in [1.29, 1.82) is 0 Å². The molecule has 0 bridgehead atoms. The lowest BCUT2D eigenvalue weighted by Crippen LogP contribution is -2.49. The molecule has 1 aliphatic heterocycles. The number of primary amides is 1. The van der Waals surface area contributed by atoms with E-state index in [1.165, 1.54) is 12.4 Å². The zero-order chi connectivity index (χ0) is 33.7. The van der Waals surface area contributed by atoms with Crippen molar-refractivity contribution in [2.75, 3.05) is 51.8 Å². The summed E-state index contributed by atoms with van der Waals surface area (Å²) in [6.45, 7) is 4.68. The summed E-state index contributed by atoms with van der Waals surface area (Å²) >= 11 is 0. The number of carbonyl (C=O) groups excluding carboxylic acids is 1. The number of rotatable bonds is 15. The predicted molar refractivity (Wildman–Crippen MR) is 183 cm³/mol. The molecule has 11 nitrogen and oxygen atoms in total. The van der Waals surface area contributed by atoms with Crippen molar-refractivity contribution < 1.29 is 23.1 Å². The van der Waals surface area contributed by atoms with Gasteiger partial charge >= 0.3 is 0 Å². The van der Waals surface area contributed by atoms with Gasteiger partial charge in [-0.1, -0.05) is 43.7 Å². The number of aryl methyl sites for hydroxylation is 1. The Kier molecular flexibility index (Phi) is 10.0. The Labute approximate surface area is 280 Å². The second kappa shape index (κ2) is 14.4. The number of fused-ring (bicyclic) bond motifs is 2. The Morgan fingerprint density at radius 3 is 2.88 bits per heavy atom. The summed E-state index contributed by atoms with van der Waals surface area (Å²) in [7, 11) is 4.09. The lowest BCUT2D eigenvalue weighted by Gasteiger charge is -2.34. The Morgan fingerprint density at radius 1 is 1.23 bits per heavy atom. The highest BCUT2D eigenvalue weighted by atomic mass is 19.2. The third-order valence-electron chi connectivity index (χ3n) is 9.39. The Morgan fingerprint density at radius 2 is 2.08 bits per heavy atom. The number of carbonyl (C=O) groups is 1. The molecule has 3 aromatic heterocycles. The Balaban J connectivity index is 1.05. The first-order chi connectivity index (χ1) is 23.1. The molecule has 4 aromatic rings. The Bertz CT molecular complexity index is 1810. The molecule has 1 amide bonds. The van der Waals surface area contributed by atoms with E-state index in [1.807, 2.05) is 38.4 Å². The smallest absolute Gasteiger partial charge is 0.254 e. The third-order valence-corrected chi connectivity index (χ3v) is 9.39. The lowest BCUT2D eigenvalue weighted by molar-refractivity contribution is -0.892. The highest BCUT2D eigenvalue weighted by Crippen LogP contribution is 2.33. The molecular weight excluding hydrogens is 611 g/mol. The predicted octanol–water partition coefficient (Wildman–Crippen LogP) is 4.81. The number of allylic oxidation sites excluding steroid dienone is 1. The third kappa shape index (κ3) is 7.65. The van der Waals surface area contributed by atoms with Gasteiger partial charge in [0.25, 0.3) is 5.78 Å². The number of hydrogen-bond acceptors (Lipinski definition) is 8. The Hall–Kier alpha value is -4.42. The molecule has 6 rings (SSSR count). The minimum atomic E-state index is -1.97. The van der Waals surface area contributed by atoms with E-state index in [4.69, 9.17) is 20.2 Å². The molecule has 254 valence electrons. The quantitative estimate of drug-likeness (QED) is 0.181. The summed E-state index contributed by atoms with van der Waals surface area (Å²) in [5.41, 5.74) is 7.64. The number of likely N-dealkylation sites (N-methyl/N-ethyl adjacent to an activating group) is 1. The number of ether oxygens (including phenoxy) is 2. The number of quaternary nitrogens is 1. The van der Waals surface area contributed by atoms with Gasteiger partial charge in [-0.3, -0.25) is 4.79 Å². The number of nitrogens with zero attached hydrogens (tertiary/aromatic N) is 7. The molecule has 0 radical (unpaired) electrons. The lowest BCUT2D eigenvalue weighted by atomic mass is 9.91. The van der Waals surface area contributed by atoms with E-state index >= 15 is 4.39 Å². The largest absolute Gasteiger partial charge is 0.471 e. The van der Waals surface area contributed by atoms with E-state index in [1.54, 1.807) is 22.9 Å². The minimum Gasteiger partial charge on any atom is -0.471 e. The monoisotopic (exact) mass is 657 g/mol. The summed E-state index contributed by atoms with van der Waals surface area (Å²) in [6, 6.07) is 12.1. The highest BCUT2D eigenvalue weighted by Gasteiger charge is 2.36. The molecule has 1 aromatic carbocycles. The van der Waals surface area contributed by atoms with Crippen molar-refractivity contribution in [3.05, 3.63) is 78.4 Å². The number of nitrogens with two attached hydrogens (primary N) is 1. The van der Waals surface area contributed by atoms with Crippen LogP contribution in [-0.2, 0) is 16.0 Å². The van der Waals surface area contributed by atoms with Crippen LogP contribution in [0.25, 0.3) is 16.6 Å². The summed E-state index contributed by atoms with van der Waals surface area (Å²) in [5, 5.41) is 6.40. The molecule has 1 aliphatic carbocycles. The molecule has 4 heterocycles. The first-order valence-electron chi connectivity index (χ1n) is 16.9. The van der Waals surface area contributed by atoms with E-state index in [-0.39, 0.29) is 19.1 Å². The molecule has 1 fully saturated rings. The van der Waals surface area contributed by atoms with Gasteiger partial charge in [0, 0.05) is 30.2 Å². The number of pyridine rings is 1. The van der Waals surface area contributed by atoms with E-state index in [0.717, 1.165) is 60.9 Å². The second-order valence-corrected chi connectivity index (χ2v) is 13.5. The number of hydrogen-bond donors (Lipinski definition) is 1. The number of amides is 1. The van der Waals surface area contributed by atoms with Gasteiger partial charge in [-0.25, -0.2) is 14.4 Å². The summed E-state index contributed by atoms with van der Waals surface area (Å²) in [4.78, 5) is 28.1. The second-order valence-electron chi connectivity index (χ2n) is 13.5. The van der Waals surface area contributed by atoms with Crippen LogP contribution in [0.15, 0.2) is 72.7 Å². The van der Waals surface area contributed by atoms with Gasteiger partial charge in [-0.2, -0.15) is 14.6 Å². The molecule has 3 atom stereocenters. The van der Waals surface area contributed by atoms with Crippen LogP contribution in [0.1, 0.15) is 44.7 Å². The fourth-order valence-corrected chi connectivity index (χ4v) is 6.62. The first kappa shape index (κ1) is 33.5. The van der Waals surface area contributed by atoms with Crippen LogP contribution in [0.3, 0.4) is 0 Å². The van der Waals surface area contributed by atoms with Crippen LogP contribution in [0, 0.1) is 5.92 Å². The van der Waals surface area contributed by atoms with Crippen molar-refractivity contribution in [2.45, 2.75) is 57.3 Å². The zero-order valence-electron chi connectivity index (χ0n) is 28.1. The average molecular weight is 658 g/mol. The molecule has 0 saturated carbocycles. The number of aromatic nitrogens is 5. The van der Waals surface area contributed by atoms with Crippen LogP contribution in [0.4, 0.5) is 10.2 Å². The van der Waals surface area contributed by atoms with Crippen LogP contribution in [0.5, 0.6) is 5.88 Å². The summed E-state index contributed by atoms with van der Waals surface area (Å²) in [5.74, 6) is -0.987. The van der Waals surface area contributed by atoms with Gasteiger partial charge in [-0.05, 0) is 60.9 Å². The van der Waals surface area contributed by atoms with Crippen LogP contribution >= 0.6 is 0 Å². The molecule has 0 spiro atoms. The van der Waals surface area contributed by atoms with Crippen molar-refractivity contribution in [3.8, 4) is 5.88 Å². The maximum atomic E-state index is 15.9. The van der Waals surface area contributed by atoms with Crippen LogP contribution in [-0.4, -0.2) is 93.8 Å². The molecule has 2 unspecified atom stereocenters. The first-order valence-corrected chi connectivity index (χ1v) is 16.9. The SMILES string of the molecule is CCCCc1cc2ccccc2c(OCC[N+](C)(C)CC(C(N)=O)C2=CCC(F)(OC[C@H]3CCCN3c3ccnc4ncnn34)C=C2)n1. The van der Waals surface area contributed by atoms with Crippen molar-refractivity contribution >= 4 is 28.3 Å². The van der Waals surface area contributed by atoms with Gasteiger partial charge in [-0.15, -0.1) is 0 Å². The zero-order valence-corrected chi connectivity index (χ0v) is 28.1. The van der Waals surface area contributed by atoms with Gasteiger partial charge in [0.1, 0.15) is 31.2 Å². The number of halogens is 1. The maximum Gasteiger partial charge on any atom is 0.254 e. The topological polar surface area (TPSA) is 121 Å². The fraction of sp³-hybridized carbons (Fsp3) is 0.472. The van der Waals surface area contributed by atoms with Crippen LogP contribution in [0.2, 0.25) is 0 Å². The summed E-state index contributed by atoms with van der Waals surface area (Å²) < 4.78 is 30.3.